The van der Waals surface area contributed by atoms with Crippen LogP contribution in [0.2, 0.25) is 0 Å². The summed E-state index contributed by atoms with van der Waals surface area (Å²) in [5, 5.41) is 1.08. The van der Waals surface area contributed by atoms with E-state index in [0.717, 1.165) is 21.0 Å². The minimum Gasteiger partial charge on any atom is -0.495 e. The second-order valence-corrected chi connectivity index (χ2v) is 3.74. The Hall–Kier alpha value is -1.09. The van der Waals surface area contributed by atoms with Crippen LogP contribution in [0.1, 0.15) is 5.01 Å². The van der Waals surface area contributed by atoms with Gasteiger partial charge in [0.25, 0.3) is 0 Å². The van der Waals surface area contributed by atoms with E-state index in [2.05, 4.69) is 4.98 Å². The first-order valence-electron chi connectivity index (χ1n) is 3.71. The van der Waals surface area contributed by atoms with E-state index >= 15 is 0 Å². The van der Waals surface area contributed by atoms with Crippen LogP contribution in [-0.4, -0.2) is 12.1 Å². The van der Waals surface area contributed by atoms with Crippen molar-refractivity contribution < 1.29 is 4.74 Å². The highest BCUT2D eigenvalue weighted by Crippen LogP contribution is 2.30. The van der Waals surface area contributed by atoms with Gasteiger partial charge in [0.2, 0.25) is 0 Å². The molecule has 0 aliphatic rings. The molecule has 12 heavy (non-hydrogen) atoms. The number of aromatic nitrogens is 1. The van der Waals surface area contributed by atoms with Crippen LogP contribution < -0.4 is 4.74 Å². The molecule has 2 rings (SSSR count). The molecule has 1 aromatic heterocycles. The van der Waals surface area contributed by atoms with E-state index in [1.165, 1.54) is 0 Å². The molecule has 0 atom stereocenters. The van der Waals surface area contributed by atoms with Crippen LogP contribution in [0, 0.1) is 6.92 Å². The largest absolute Gasteiger partial charge is 0.495 e. The Balaban J connectivity index is 2.78. The summed E-state index contributed by atoms with van der Waals surface area (Å²) in [5.74, 6) is 0.915. The number of thiazole rings is 1. The predicted molar refractivity (Wildman–Crippen MR) is 50.9 cm³/mol. The number of aryl methyl sites for hydroxylation is 1. The molecule has 0 radical (unpaired) electrons. The Morgan fingerprint density at radius 2 is 2.25 bits per heavy atom. The van der Waals surface area contributed by atoms with Crippen LogP contribution >= 0.6 is 11.3 Å². The number of benzene rings is 1. The van der Waals surface area contributed by atoms with Gasteiger partial charge in [0.05, 0.1) is 22.3 Å². The van der Waals surface area contributed by atoms with E-state index in [-0.39, 0.29) is 0 Å². The molecular weight excluding hydrogens is 170 g/mol. The maximum absolute atomic E-state index is 5.21. The van der Waals surface area contributed by atoms with Crippen LogP contribution in [0.3, 0.4) is 0 Å². The summed E-state index contributed by atoms with van der Waals surface area (Å²) < 4.78 is 6.35. The van der Waals surface area contributed by atoms with Gasteiger partial charge < -0.3 is 4.74 Å². The number of fused-ring (bicyclic) bond motifs is 1. The lowest BCUT2D eigenvalue weighted by Gasteiger charge is -1.97. The van der Waals surface area contributed by atoms with Crippen LogP contribution in [-0.2, 0) is 0 Å². The monoisotopic (exact) mass is 179 g/mol. The van der Waals surface area contributed by atoms with Crippen molar-refractivity contribution in [3.63, 3.8) is 0 Å². The van der Waals surface area contributed by atoms with Gasteiger partial charge in [0.1, 0.15) is 5.75 Å². The highest BCUT2D eigenvalue weighted by Gasteiger charge is 2.04. The van der Waals surface area contributed by atoms with Crippen LogP contribution in [0.5, 0.6) is 5.75 Å². The van der Waals surface area contributed by atoms with Crippen LogP contribution in [0.25, 0.3) is 10.2 Å². The number of rotatable bonds is 1. The molecule has 3 heteroatoms. The lowest BCUT2D eigenvalue weighted by molar-refractivity contribution is 0.420. The normalized spacial score (nSPS) is 10.5. The minimum absolute atomic E-state index is 0.915. The second kappa shape index (κ2) is 2.75. The molecule has 1 aromatic carbocycles. The fourth-order valence-electron chi connectivity index (χ4n) is 1.20. The van der Waals surface area contributed by atoms with E-state index in [4.69, 9.17) is 4.74 Å². The molecule has 0 fully saturated rings. The first-order chi connectivity index (χ1) is 5.81. The molecule has 2 aromatic rings. The van der Waals surface area contributed by atoms with E-state index < -0.39 is 0 Å². The van der Waals surface area contributed by atoms with Crippen molar-refractivity contribution >= 4 is 21.6 Å². The summed E-state index contributed by atoms with van der Waals surface area (Å²) in [6.45, 7) is 2.00. The van der Waals surface area contributed by atoms with Crippen molar-refractivity contribution in [3.05, 3.63) is 23.2 Å². The molecule has 0 saturated carbocycles. The van der Waals surface area contributed by atoms with Crippen LogP contribution in [0.15, 0.2) is 18.2 Å². The fourth-order valence-corrected chi connectivity index (χ4v) is 2.11. The Morgan fingerprint density at radius 3 is 3.00 bits per heavy atom. The van der Waals surface area contributed by atoms with Crippen molar-refractivity contribution in [2.24, 2.45) is 0 Å². The predicted octanol–water partition coefficient (Wildman–Crippen LogP) is 2.61. The summed E-state index contributed by atoms with van der Waals surface area (Å²) in [6.07, 6.45) is 0. The van der Waals surface area contributed by atoms with Crippen molar-refractivity contribution in [1.29, 1.82) is 0 Å². The number of hydrogen-bond acceptors (Lipinski definition) is 3. The Morgan fingerprint density at radius 1 is 1.42 bits per heavy atom. The van der Waals surface area contributed by atoms with Crippen molar-refractivity contribution in [3.8, 4) is 5.75 Å². The molecule has 0 saturated heterocycles. The number of hydrogen-bond donors (Lipinski definition) is 0. The molecule has 0 aliphatic heterocycles. The van der Waals surface area contributed by atoms with E-state index in [0.29, 0.717) is 0 Å². The van der Waals surface area contributed by atoms with E-state index in [1.54, 1.807) is 18.4 Å². The zero-order valence-corrected chi connectivity index (χ0v) is 7.81. The Labute approximate surface area is 74.8 Å². The first-order valence-corrected chi connectivity index (χ1v) is 4.53. The standard InChI is InChI=1S/C9H9NOS/c1-6-10-7-4-3-5-8(11-2)9(7)12-6/h3-5H,1-2H3. The average molecular weight is 179 g/mol. The highest BCUT2D eigenvalue weighted by atomic mass is 32.1. The van der Waals surface area contributed by atoms with Gasteiger partial charge in [-0.05, 0) is 19.1 Å². The Bertz CT molecular complexity index is 408. The lowest BCUT2D eigenvalue weighted by Crippen LogP contribution is -1.81. The molecule has 62 valence electrons. The van der Waals surface area contributed by atoms with Gasteiger partial charge in [-0.15, -0.1) is 11.3 Å². The molecule has 0 N–H and O–H groups in total. The minimum atomic E-state index is 0.915. The van der Waals surface area contributed by atoms with E-state index in [9.17, 15) is 0 Å². The maximum atomic E-state index is 5.21. The van der Waals surface area contributed by atoms with Crippen molar-refractivity contribution in [2.45, 2.75) is 6.92 Å². The smallest absolute Gasteiger partial charge is 0.138 e. The van der Waals surface area contributed by atoms with Gasteiger partial charge in [-0.2, -0.15) is 0 Å². The van der Waals surface area contributed by atoms with Gasteiger partial charge in [-0.3, -0.25) is 0 Å². The number of nitrogens with zero attached hydrogens (tertiary/aromatic N) is 1. The molecule has 0 bridgehead atoms. The second-order valence-electron chi connectivity index (χ2n) is 2.54. The molecule has 0 amide bonds. The molecular formula is C9H9NOS. The third kappa shape index (κ3) is 1.06. The molecule has 0 unspecified atom stereocenters. The summed E-state index contributed by atoms with van der Waals surface area (Å²) in [6, 6.07) is 5.92. The Kier molecular flexibility index (Phi) is 1.73. The van der Waals surface area contributed by atoms with Gasteiger partial charge >= 0.3 is 0 Å². The average Bonchev–Trinajstić information content (AvgIpc) is 2.44. The van der Waals surface area contributed by atoms with E-state index in [1.807, 2.05) is 25.1 Å². The topological polar surface area (TPSA) is 22.1 Å². The zero-order chi connectivity index (χ0) is 8.55. The molecule has 0 aliphatic carbocycles. The zero-order valence-electron chi connectivity index (χ0n) is 7.00. The third-order valence-corrected chi connectivity index (χ3v) is 2.71. The van der Waals surface area contributed by atoms with Gasteiger partial charge in [0, 0.05) is 0 Å². The summed E-state index contributed by atoms with van der Waals surface area (Å²) in [4.78, 5) is 4.36. The number of ether oxygens (including phenoxy) is 1. The van der Waals surface area contributed by atoms with Gasteiger partial charge in [0.15, 0.2) is 0 Å². The molecule has 0 spiro atoms. The quantitative estimate of drug-likeness (QED) is 0.671. The molecule has 1 heterocycles. The first kappa shape index (κ1) is 7.55. The van der Waals surface area contributed by atoms with Crippen molar-refractivity contribution in [2.75, 3.05) is 7.11 Å². The SMILES string of the molecule is COc1cccc2nc(C)sc12. The summed E-state index contributed by atoms with van der Waals surface area (Å²) in [5.41, 5.74) is 1.02. The van der Waals surface area contributed by atoms with Gasteiger partial charge in [-0.1, -0.05) is 6.07 Å². The highest BCUT2D eigenvalue weighted by molar-refractivity contribution is 7.18. The van der Waals surface area contributed by atoms with Crippen LogP contribution in [0.4, 0.5) is 0 Å². The molecule has 2 nitrogen and oxygen atoms in total. The lowest BCUT2D eigenvalue weighted by atomic mass is 10.3. The van der Waals surface area contributed by atoms with Gasteiger partial charge in [-0.25, -0.2) is 4.98 Å². The summed E-state index contributed by atoms with van der Waals surface area (Å²) >= 11 is 1.67. The summed E-state index contributed by atoms with van der Waals surface area (Å²) in [7, 11) is 1.68. The number of methoxy groups -OCH3 is 1. The maximum Gasteiger partial charge on any atom is 0.138 e. The fraction of sp³-hybridized carbons (Fsp3) is 0.222. The van der Waals surface area contributed by atoms with Crippen molar-refractivity contribution in [1.82, 2.24) is 4.98 Å². The third-order valence-electron chi connectivity index (χ3n) is 1.71.